The summed E-state index contributed by atoms with van der Waals surface area (Å²) in [6.45, 7) is 0. The molecule has 0 amide bonds. The van der Waals surface area contributed by atoms with E-state index >= 15 is 0 Å². The van der Waals surface area contributed by atoms with E-state index < -0.39 is 6.10 Å². The molecule has 1 heterocycles. The number of thiophene rings is 1. The van der Waals surface area contributed by atoms with Crippen LogP contribution in [0.4, 0.5) is 0 Å². The van der Waals surface area contributed by atoms with E-state index in [2.05, 4.69) is 40.1 Å². The Balaban J connectivity index is 2.13. The van der Waals surface area contributed by atoms with Crippen molar-refractivity contribution in [2.24, 2.45) is 0 Å². The third-order valence-electron chi connectivity index (χ3n) is 3.01. The Hall–Kier alpha value is -0.910. The van der Waals surface area contributed by atoms with Crippen LogP contribution in [0.1, 0.15) is 17.2 Å². The number of fused-ring (bicyclic) bond motifs is 1. The molecule has 0 saturated heterocycles. The van der Waals surface area contributed by atoms with Crippen molar-refractivity contribution in [3.05, 3.63) is 68.6 Å². The van der Waals surface area contributed by atoms with E-state index in [9.17, 15) is 5.11 Å². The summed E-state index contributed by atoms with van der Waals surface area (Å²) in [6.07, 6.45) is -0.547. The topological polar surface area (TPSA) is 20.2 Å². The van der Waals surface area contributed by atoms with Gasteiger partial charge < -0.3 is 5.11 Å². The molecular weight excluding hydrogens is 355 g/mol. The van der Waals surface area contributed by atoms with Crippen LogP contribution in [0.15, 0.2) is 53.9 Å². The van der Waals surface area contributed by atoms with Gasteiger partial charge in [-0.15, -0.1) is 11.3 Å². The average molecular weight is 366 g/mol. The lowest BCUT2D eigenvalue weighted by Crippen LogP contribution is -2.00. The van der Waals surface area contributed by atoms with Crippen LogP contribution in [-0.2, 0) is 0 Å². The quantitative estimate of drug-likeness (QED) is 0.658. The number of hydrogen-bond donors (Lipinski definition) is 1. The van der Waals surface area contributed by atoms with Crippen LogP contribution in [0.5, 0.6) is 0 Å². The molecule has 2 aromatic carbocycles. The first kappa shape index (κ1) is 12.1. The Bertz CT molecular complexity index is 690. The van der Waals surface area contributed by atoms with E-state index in [0.29, 0.717) is 0 Å². The second-order valence-corrected chi connectivity index (χ2v) is 6.18. The van der Waals surface area contributed by atoms with Crippen LogP contribution in [-0.4, -0.2) is 5.11 Å². The summed E-state index contributed by atoms with van der Waals surface area (Å²) in [4.78, 5) is 0. The predicted octanol–water partition coefficient (Wildman–Crippen LogP) is 4.59. The molecule has 0 fully saturated rings. The van der Waals surface area contributed by atoms with Gasteiger partial charge in [0.05, 0.1) is 0 Å². The Morgan fingerprint density at radius 2 is 1.67 bits per heavy atom. The van der Waals surface area contributed by atoms with E-state index in [0.717, 1.165) is 20.1 Å². The fourth-order valence-corrected chi connectivity index (χ4v) is 3.74. The van der Waals surface area contributed by atoms with Crippen molar-refractivity contribution in [1.29, 1.82) is 0 Å². The van der Waals surface area contributed by atoms with Crippen molar-refractivity contribution in [1.82, 2.24) is 0 Å². The summed E-state index contributed by atoms with van der Waals surface area (Å²) in [7, 11) is 0. The summed E-state index contributed by atoms with van der Waals surface area (Å²) in [5, 5.41) is 13.8. The maximum Gasteiger partial charge on any atom is 0.106 e. The summed E-state index contributed by atoms with van der Waals surface area (Å²) < 4.78 is 2.32. The van der Waals surface area contributed by atoms with Crippen molar-refractivity contribution in [3.63, 3.8) is 0 Å². The molecule has 1 N–H and O–H groups in total. The highest BCUT2D eigenvalue weighted by Gasteiger charge is 2.16. The lowest BCUT2D eigenvalue weighted by molar-refractivity contribution is 0.221. The molecule has 1 unspecified atom stereocenters. The van der Waals surface area contributed by atoms with E-state index in [1.165, 1.54) is 4.70 Å². The SMILES string of the molecule is OC(c1ccccc1I)c1csc2ccccc12. The Morgan fingerprint density at radius 1 is 0.944 bits per heavy atom. The molecule has 3 aromatic rings. The molecule has 90 valence electrons. The fraction of sp³-hybridized carbons (Fsp3) is 0.0667. The Morgan fingerprint density at radius 3 is 2.50 bits per heavy atom. The van der Waals surface area contributed by atoms with Gasteiger partial charge in [-0.1, -0.05) is 36.4 Å². The molecule has 0 aliphatic rings. The van der Waals surface area contributed by atoms with Crippen LogP contribution in [0, 0.1) is 3.57 Å². The monoisotopic (exact) mass is 366 g/mol. The standard InChI is InChI=1S/C15H11IOS/c16-13-7-3-1-6-11(13)15(17)12-9-18-14-8-4-2-5-10(12)14/h1-9,15,17H. The number of benzene rings is 2. The molecule has 0 aliphatic carbocycles. The van der Waals surface area contributed by atoms with Crippen LogP contribution in [0.3, 0.4) is 0 Å². The van der Waals surface area contributed by atoms with E-state index in [4.69, 9.17) is 0 Å². The van der Waals surface area contributed by atoms with Gasteiger partial charge in [-0.25, -0.2) is 0 Å². The van der Waals surface area contributed by atoms with Gasteiger partial charge in [-0.3, -0.25) is 0 Å². The van der Waals surface area contributed by atoms with Crippen molar-refractivity contribution in [3.8, 4) is 0 Å². The first-order valence-corrected chi connectivity index (χ1v) is 7.62. The molecule has 0 saturated carbocycles. The number of hydrogen-bond acceptors (Lipinski definition) is 2. The number of rotatable bonds is 2. The zero-order chi connectivity index (χ0) is 12.5. The zero-order valence-electron chi connectivity index (χ0n) is 9.51. The van der Waals surface area contributed by atoms with Crippen molar-refractivity contribution in [2.45, 2.75) is 6.10 Å². The Kier molecular flexibility index (Phi) is 3.37. The number of aliphatic hydroxyl groups excluding tert-OH is 1. The van der Waals surface area contributed by atoms with Crippen LogP contribution in [0.2, 0.25) is 0 Å². The lowest BCUT2D eigenvalue weighted by Gasteiger charge is -2.12. The highest BCUT2D eigenvalue weighted by molar-refractivity contribution is 14.1. The summed E-state index contributed by atoms with van der Waals surface area (Å²) >= 11 is 3.95. The van der Waals surface area contributed by atoms with Gasteiger partial charge in [0.15, 0.2) is 0 Å². The smallest absolute Gasteiger partial charge is 0.106 e. The third kappa shape index (κ3) is 2.06. The van der Waals surface area contributed by atoms with Crippen LogP contribution in [0.25, 0.3) is 10.1 Å². The second-order valence-electron chi connectivity index (χ2n) is 4.11. The van der Waals surface area contributed by atoms with Crippen LogP contribution >= 0.6 is 33.9 Å². The highest BCUT2D eigenvalue weighted by atomic mass is 127. The maximum absolute atomic E-state index is 10.6. The molecular formula is C15H11IOS. The van der Waals surface area contributed by atoms with Crippen molar-refractivity contribution < 1.29 is 5.11 Å². The highest BCUT2D eigenvalue weighted by Crippen LogP contribution is 2.34. The first-order valence-electron chi connectivity index (χ1n) is 5.66. The predicted molar refractivity (Wildman–Crippen MR) is 85.0 cm³/mol. The normalized spacial score (nSPS) is 12.8. The van der Waals surface area contributed by atoms with Gasteiger partial charge >= 0.3 is 0 Å². The van der Waals surface area contributed by atoms with E-state index in [1.807, 2.05) is 36.4 Å². The molecule has 1 atom stereocenters. The molecule has 0 radical (unpaired) electrons. The largest absolute Gasteiger partial charge is 0.384 e. The molecule has 0 bridgehead atoms. The van der Waals surface area contributed by atoms with Gasteiger partial charge in [-0.2, -0.15) is 0 Å². The van der Waals surface area contributed by atoms with Gasteiger partial charge in [0.25, 0.3) is 0 Å². The van der Waals surface area contributed by atoms with Gasteiger partial charge in [0.2, 0.25) is 0 Å². The number of halogens is 1. The maximum atomic E-state index is 10.6. The second kappa shape index (κ2) is 4.99. The lowest BCUT2D eigenvalue weighted by atomic mass is 10.0. The number of aliphatic hydroxyl groups is 1. The molecule has 3 rings (SSSR count). The van der Waals surface area contributed by atoms with Crippen molar-refractivity contribution in [2.75, 3.05) is 0 Å². The third-order valence-corrected chi connectivity index (χ3v) is 4.97. The van der Waals surface area contributed by atoms with Gasteiger partial charge in [0, 0.05) is 13.8 Å². The summed E-state index contributed by atoms with van der Waals surface area (Å²) in [5.41, 5.74) is 1.97. The zero-order valence-corrected chi connectivity index (χ0v) is 12.5. The molecule has 0 aliphatic heterocycles. The fourth-order valence-electron chi connectivity index (χ4n) is 2.07. The minimum Gasteiger partial charge on any atom is -0.384 e. The minimum atomic E-state index is -0.547. The molecule has 1 aromatic heterocycles. The summed E-state index contributed by atoms with van der Waals surface area (Å²) in [5.74, 6) is 0. The summed E-state index contributed by atoms with van der Waals surface area (Å²) in [6, 6.07) is 16.2. The average Bonchev–Trinajstić information content (AvgIpc) is 2.82. The molecule has 1 nitrogen and oxygen atoms in total. The molecule has 18 heavy (non-hydrogen) atoms. The van der Waals surface area contributed by atoms with Gasteiger partial charge in [0.1, 0.15) is 6.10 Å². The first-order chi connectivity index (χ1) is 8.77. The van der Waals surface area contributed by atoms with E-state index in [-0.39, 0.29) is 0 Å². The minimum absolute atomic E-state index is 0.547. The van der Waals surface area contributed by atoms with Gasteiger partial charge in [-0.05, 0) is 51.1 Å². The van der Waals surface area contributed by atoms with E-state index in [1.54, 1.807) is 11.3 Å². The van der Waals surface area contributed by atoms with Crippen molar-refractivity contribution >= 4 is 44.0 Å². The molecule has 0 spiro atoms. The molecule has 3 heteroatoms. The Labute approximate surface area is 123 Å². The van der Waals surface area contributed by atoms with Crippen LogP contribution < -0.4 is 0 Å².